The third kappa shape index (κ3) is 4.79. The number of aryl methyl sites for hydroxylation is 1. The smallest absolute Gasteiger partial charge is 0.234 e. The van der Waals surface area contributed by atoms with Crippen LogP contribution in [0.2, 0.25) is 10.0 Å². The number of amides is 1. The fourth-order valence-corrected chi connectivity index (χ4v) is 5.20. The number of hydrogen-bond donors (Lipinski definition) is 1. The van der Waals surface area contributed by atoms with E-state index in [4.69, 9.17) is 23.2 Å². The summed E-state index contributed by atoms with van der Waals surface area (Å²) in [4.78, 5) is 13.7. The van der Waals surface area contributed by atoms with E-state index in [0.717, 1.165) is 17.8 Å². The Morgan fingerprint density at radius 1 is 1.31 bits per heavy atom. The molecule has 1 amide bonds. The van der Waals surface area contributed by atoms with Crippen LogP contribution in [0.1, 0.15) is 37.3 Å². The number of benzene rings is 1. The van der Waals surface area contributed by atoms with E-state index in [9.17, 15) is 4.79 Å². The molecule has 1 aromatic carbocycles. The molecule has 0 fully saturated rings. The van der Waals surface area contributed by atoms with Crippen molar-refractivity contribution in [2.45, 2.75) is 45.3 Å². The van der Waals surface area contributed by atoms with Gasteiger partial charge in [-0.15, -0.1) is 21.5 Å². The van der Waals surface area contributed by atoms with Gasteiger partial charge >= 0.3 is 0 Å². The van der Waals surface area contributed by atoms with Gasteiger partial charge in [-0.1, -0.05) is 48.0 Å². The highest BCUT2D eigenvalue weighted by molar-refractivity contribution is 7.99. The van der Waals surface area contributed by atoms with Gasteiger partial charge < -0.3 is 5.32 Å². The van der Waals surface area contributed by atoms with Gasteiger partial charge in [-0.05, 0) is 44.9 Å². The second-order valence-corrected chi connectivity index (χ2v) is 9.56. The second-order valence-electron chi connectivity index (χ2n) is 6.75. The molecule has 0 spiro atoms. The molecule has 1 N–H and O–H groups in total. The Bertz CT molecular complexity index is 1030. The van der Waals surface area contributed by atoms with Crippen LogP contribution in [-0.4, -0.2) is 26.4 Å². The summed E-state index contributed by atoms with van der Waals surface area (Å²) in [6, 6.07) is 5.30. The Hall–Kier alpha value is -1.54. The van der Waals surface area contributed by atoms with Crippen LogP contribution in [0.15, 0.2) is 28.7 Å². The summed E-state index contributed by atoms with van der Waals surface area (Å²) in [6.45, 7) is 8.46. The lowest BCUT2D eigenvalue weighted by molar-refractivity contribution is -0.113. The summed E-state index contributed by atoms with van der Waals surface area (Å²) in [5, 5.41) is 15.2. The van der Waals surface area contributed by atoms with E-state index < -0.39 is 0 Å². The van der Waals surface area contributed by atoms with Crippen LogP contribution in [0.25, 0.3) is 11.4 Å². The quantitative estimate of drug-likeness (QED) is 0.402. The van der Waals surface area contributed by atoms with Crippen LogP contribution in [0.3, 0.4) is 0 Å². The first kappa shape index (κ1) is 22.2. The van der Waals surface area contributed by atoms with Gasteiger partial charge in [0, 0.05) is 21.9 Å². The minimum absolute atomic E-state index is 0.165. The highest BCUT2D eigenvalue weighted by atomic mass is 35.5. The molecule has 0 aliphatic rings. The van der Waals surface area contributed by atoms with Gasteiger partial charge in [-0.25, -0.2) is 0 Å². The Morgan fingerprint density at radius 2 is 2.07 bits per heavy atom. The fourth-order valence-electron chi connectivity index (χ4n) is 3.05. The molecule has 0 unspecified atom stereocenters. The maximum Gasteiger partial charge on any atom is 0.234 e. The Balaban J connectivity index is 1.78. The van der Waals surface area contributed by atoms with E-state index in [2.05, 4.69) is 53.2 Å². The molecule has 29 heavy (non-hydrogen) atoms. The van der Waals surface area contributed by atoms with Gasteiger partial charge in [0.05, 0.1) is 21.5 Å². The molecule has 5 nitrogen and oxygen atoms in total. The first-order valence-electron chi connectivity index (χ1n) is 9.22. The van der Waals surface area contributed by atoms with E-state index in [-0.39, 0.29) is 17.7 Å². The zero-order valence-electron chi connectivity index (χ0n) is 16.6. The topological polar surface area (TPSA) is 59.8 Å². The zero-order chi connectivity index (χ0) is 21.1. The maximum absolute atomic E-state index is 12.4. The molecule has 0 aliphatic carbocycles. The first-order valence-corrected chi connectivity index (χ1v) is 11.8. The van der Waals surface area contributed by atoms with Crippen LogP contribution in [0.5, 0.6) is 0 Å². The Labute approximate surface area is 188 Å². The normalized spacial score (nSPS) is 11.3. The molecule has 2 heterocycles. The van der Waals surface area contributed by atoms with Gasteiger partial charge in [0.2, 0.25) is 5.91 Å². The van der Waals surface area contributed by atoms with Gasteiger partial charge in [-0.2, -0.15) is 0 Å². The third-order valence-corrected chi connectivity index (χ3v) is 7.15. The number of nitrogens with zero attached hydrogens (tertiary/aromatic N) is 3. The van der Waals surface area contributed by atoms with E-state index in [1.54, 1.807) is 29.5 Å². The number of carbonyl (C=O) groups is 1. The number of carbonyl (C=O) groups excluding carboxylic acids is 1. The highest BCUT2D eigenvalue weighted by Crippen LogP contribution is 2.34. The fraction of sp³-hybridized carbons (Fsp3) is 0.350. The molecule has 9 heteroatoms. The lowest BCUT2D eigenvalue weighted by atomic mass is 10.1. The third-order valence-electron chi connectivity index (χ3n) is 4.44. The van der Waals surface area contributed by atoms with E-state index in [1.807, 2.05) is 0 Å². The average molecular weight is 469 g/mol. The number of nitrogens with one attached hydrogen (secondary N) is 1. The average Bonchev–Trinajstić information content (AvgIpc) is 3.26. The summed E-state index contributed by atoms with van der Waals surface area (Å²) >= 11 is 15.2. The monoisotopic (exact) mass is 468 g/mol. The minimum Gasteiger partial charge on any atom is -0.324 e. The van der Waals surface area contributed by atoms with Gasteiger partial charge in [0.15, 0.2) is 11.0 Å². The lowest BCUT2D eigenvalue weighted by Gasteiger charge is -2.14. The number of thioether (sulfide) groups is 1. The van der Waals surface area contributed by atoms with Gasteiger partial charge in [0.1, 0.15) is 0 Å². The molecule has 3 rings (SSSR count). The Kier molecular flexibility index (Phi) is 7.27. The summed E-state index contributed by atoms with van der Waals surface area (Å²) in [7, 11) is 0. The van der Waals surface area contributed by atoms with Crippen LogP contribution >= 0.6 is 46.3 Å². The number of rotatable bonds is 7. The van der Waals surface area contributed by atoms with Crippen LogP contribution in [0, 0.1) is 6.92 Å². The number of halogens is 2. The van der Waals surface area contributed by atoms with Crippen molar-refractivity contribution in [3.8, 4) is 11.4 Å². The molecule has 0 aliphatic heterocycles. The van der Waals surface area contributed by atoms with E-state index in [1.165, 1.54) is 22.2 Å². The molecule has 0 atom stereocenters. The van der Waals surface area contributed by atoms with E-state index >= 15 is 0 Å². The van der Waals surface area contributed by atoms with Gasteiger partial charge in [-0.3, -0.25) is 9.36 Å². The summed E-state index contributed by atoms with van der Waals surface area (Å²) in [5.41, 5.74) is 2.92. The predicted molar refractivity (Wildman–Crippen MR) is 124 cm³/mol. The zero-order valence-corrected chi connectivity index (χ0v) is 19.8. The lowest BCUT2D eigenvalue weighted by Crippen LogP contribution is -2.15. The minimum atomic E-state index is -0.181. The molecule has 2 aromatic heterocycles. The van der Waals surface area contributed by atoms with Crippen molar-refractivity contribution in [1.29, 1.82) is 0 Å². The van der Waals surface area contributed by atoms with Crippen molar-refractivity contribution in [1.82, 2.24) is 14.8 Å². The summed E-state index contributed by atoms with van der Waals surface area (Å²) in [6.07, 6.45) is 0.945. The predicted octanol–water partition coefficient (Wildman–Crippen LogP) is 6.50. The standard InChI is InChI=1S/C20H22Cl2N4OS2/c1-5-13-12(4)28-9-14(13)19-24-25-20(26(19)11(2)3)29-10-17(27)23-16-8-6-7-15(21)18(16)22/h6-9,11H,5,10H2,1-4H3,(H,23,27). The van der Waals surface area contributed by atoms with Crippen molar-refractivity contribution in [3.05, 3.63) is 44.1 Å². The first-order chi connectivity index (χ1) is 13.8. The van der Waals surface area contributed by atoms with Crippen molar-refractivity contribution in [2.24, 2.45) is 0 Å². The van der Waals surface area contributed by atoms with Crippen molar-refractivity contribution in [2.75, 3.05) is 11.1 Å². The molecule has 0 bridgehead atoms. The molecular formula is C20H22Cl2N4OS2. The molecule has 3 aromatic rings. The van der Waals surface area contributed by atoms with Crippen LogP contribution < -0.4 is 5.32 Å². The SMILES string of the molecule is CCc1c(-c2nnc(SCC(=O)Nc3cccc(Cl)c3Cl)n2C(C)C)csc1C. The van der Waals surface area contributed by atoms with E-state index in [0.29, 0.717) is 20.9 Å². The van der Waals surface area contributed by atoms with Crippen molar-refractivity contribution >= 4 is 57.9 Å². The van der Waals surface area contributed by atoms with Crippen molar-refractivity contribution in [3.63, 3.8) is 0 Å². The molecule has 154 valence electrons. The Morgan fingerprint density at radius 3 is 2.76 bits per heavy atom. The summed E-state index contributed by atoms with van der Waals surface area (Å²) in [5.74, 6) is 0.860. The molecule has 0 saturated carbocycles. The van der Waals surface area contributed by atoms with Crippen LogP contribution in [0.4, 0.5) is 5.69 Å². The number of aromatic nitrogens is 3. The van der Waals surface area contributed by atoms with Crippen LogP contribution in [-0.2, 0) is 11.2 Å². The molecule has 0 saturated heterocycles. The van der Waals surface area contributed by atoms with Crippen molar-refractivity contribution < 1.29 is 4.79 Å². The highest BCUT2D eigenvalue weighted by Gasteiger charge is 2.21. The number of anilines is 1. The number of thiophene rings is 1. The molecule has 0 radical (unpaired) electrons. The van der Waals surface area contributed by atoms with Gasteiger partial charge in [0.25, 0.3) is 0 Å². The summed E-state index contributed by atoms with van der Waals surface area (Å²) < 4.78 is 2.09. The number of hydrogen-bond acceptors (Lipinski definition) is 5. The largest absolute Gasteiger partial charge is 0.324 e. The maximum atomic E-state index is 12.4. The molecular weight excluding hydrogens is 447 g/mol. The second kappa shape index (κ2) is 9.51.